The van der Waals surface area contributed by atoms with E-state index >= 15 is 0 Å². The lowest BCUT2D eigenvalue weighted by atomic mass is 9.90. The maximum Gasteiger partial charge on any atom is 0.322 e. The number of carbonyl (C=O) groups excluding carboxylic acids is 1. The van der Waals surface area contributed by atoms with Crippen molar-refractivity contribution in [2.75, 3.05) is 44.6 Å². The third-order valence-electron chi connectivity index (χ3n) is 6.13. The average Bonchev–Trinajstić information content (AvgIpc) is 2.78. The minimum absolute atomic E-state index is 0.0126. The molecule has 0 aliphatic carbocycles. The van der Waals surface area contributed by atoms with E-state index in [1.165, 1.54) is 29.8 Å². The van der Waals surface area contributed by atoms with Crippen LogP contribution in [0.25, 0.3) is 0 Å². The molecule has 0 saturated carbocycles. The lowest BCUT2D eigenvalue weighted by Gasteiger charge is -2.38. The highest BCUT2D eigenvalue weighted by Gasteiger charge is 2.28. The van der Waals surface area contributed by atoms with E-state index in [1.807, 2.05) is 12.1 Å². The third kappa shape index (κ3) is 6.24. The summed E-state index contributed by atoms with van der Waals surface area (Å²) in [6, 6.07) is 12.4. The van der Waals surface area contributed by atoms with Gasteiger partial charge in [0, 0.05) is 25.3 Å². The molecule has 7 heteroatoms. The molecular weight excluding hydrogens is 400 g/mol. The Bertz CT molecular complexity index is 852. The van der Waals surface area contributed by atoms with Crippen LogP contribution < -0.4 is 5.32 Å². The number of halogens is 2. The van der Waals surface area contributed by atoms with Gasteiger partial charge in [-0.3, -0.25) is 0 Å². The normalized spacial score (nSPS) is 20.6. The molecule has 2 aliphatic rings. The zero-order chi connectivity index (χ0) is 21.6. The number of carbonyl (C=O) groups is 1. The maximum absolute atomic E-state index is 13.1. The number of likely N-dealkylation sites (tertiary alicyclic amines) is 1. The quantitative estimate of drug-likeness (QED) is 0.777. The van der Waals surface area contributed by atoms with Gasteiger partial charge in [-0.25, -0.2) is 13.6 Å². The van der Waals surface area contributed by atoms with Crippen LogP contribution in [-0.2, 0) is 11.2 Å². The second-order valence-electron chi connectivity index (χ2n) is 8.45. The number of urea groups is 1. The van der Waals surface area contributed by atoms with Crippen LogP contribution in [0.1, 0.15) is 18.4 Å². The molecule has 2 fully saturated rings. The number of ether oxygens (including phenoxy) is 1. The van der Waals surface area contributed by atoms with Crippen molar-refractivity contribution in [1.29, 1.82) is 0 Å². The largest absolute Gasteiger partial charge is 0.373 e. The van der Waals surface area contributed by atoms with Crippen LogP contribution in [0.3, 0.4) is 0 Å². The number of rotatable bonds is 5. The van der Waals surface area contributed by atoms with E-state index in [1.54, 1.807) is 17.0 Å². The van der Waals surface area contributed by atoms with Crippen LogP contribution in [0.5, 0.6) is 0 Å². The first-order chi connectivity index (χ1) is 15.0. The Hall–Kier alpha value is -2.51. The molecule has 4 rings (SSSR count). The van der Waals surface area contributed by atoms with Gasteiger partial charge in [0.2, 0.25) is 0 Å². The molecule has 5 nitrogen and oxygen atoms in total. The molecule has 2 aromatic rings. The molecule has 2 aliphatic heterocycles. The Balaban J connectivity index is 1.21. The van der Waals surface area contributed by atoms with E-state index in [2.05, 4.69) is 10.2 Å². The average molecular weight is 430 g/mol. The van der Waals surface area contributed by atoms with Crippen LogP contribution in [-0.4, -0.2) is 61.3 Å². The van der Waals surface area contributed by atoms with Gasteiger partial charge in [0.05, 0.1) is 12.7 Å². The number of hydrogen-bond donors (Lipinski definition) is 1. The number of morpholine rings is 1. The van der Waals surface area contributed by atoms with Gasteiger partial charge in [-0.1, -0.05) is 12.1 Å². The molecule has 0 spiro atoms. The zero-order valence-corrected chi connectivity index (χ0v) is 17.6. The van der Waals surface area contributed by atoms with Crippen molar-refractivity contribution < 1.29 is 18.3 Å². The van der Waals surface area contributed by atoms with Crippen molar-refractivity contribution in [3.05, 3.63) is 65.7 Å². The highest BCUT2D eigenvalue weighted by molar-refractivity contribution is 5.89. The third-order valence-corrected chi connectivity index (χ3v) is 6.13. The first kappa shape index (κ1) is 21.7. The molecule has 166 valence electrons. The standard InChI is InChI=1S/C24H29F2N3O2/c25-20-3-1-18(2-4-20)15-19-9-11-28(12-10-19)16-23-17-29(13-14-31-23)24(30)27-22-7-5-21(26)6-8-22/h1-8,19,23H,9-17H2,(H,27,30)/t23-/m1/s1. The number of benzene rings is 2. The van der Waals surface area contributed by atoms with Crippen LogP contribution in [0.15, 0.2) is 48.5 Å². The van der Waals surface area contributed by atoms with Gasteiger partial charge >= 0.3 is 6.03 Å². The fourth-order valence-electron chi connectivity index (χ4n) is 4.36. The zero-order valence-electron chi connectivity index (χ0n) is 17.6. The number of nitrogens with zero attached hydrogens (tertiary/aromatic N) is 2. The Morgan fingerprint density at radius 1 is 0.968 bits per heavy atom. The van der Waals surface area contributed by atoms with Crippen LogP contribution in [0.4, 0.5) is 19.3 Å². The van der Waals surface area contributed by atoms with Crippen LogP contribution in [0.2, 0.25) is 0 Å². The number of hydrogen-bond acceptors (Lipinski definition) is 3. The predicted octanol–water partition coefficient (Wildman–Crippen LogP) is 4.15. The number of amides is 2. The summed E-state index contributed by atoms with van der Waals surface area (Å²) < 4.78 is 32.0. The van der Waals surface area contributed by atoms with Gasteiger partial charge in [-0.2, -0.15) is 0 Å². The minimum Gasteiger partial charge on any atom is -0.373 e. The molecule has 1 N–H and O–H groups in total. The van der Waals surface area contributed by atoms with E-state index < -0.39 is 0 Å². The van der Waals surface area contributed by atoms with E-state index in [9.17, 15) is 13.6 Å². The summed E-state index contributed by atoms with van der Waals surface area (Å²) in [5, 5.41) is 2.82. The first-order valence-electron chi connectivity index (χ1n) is 10.9. The van der Waals surface area contributed by atoms with Gasteiger partial charge < -0.3 is 19.9 Å². The summed E-state index contributed by atoms with van der Waals surface area (Å²) in [7, 11) is 0. The summed E-state index contributed by atoms with van der Waals surface area (Å²) in [6.07, 6.45) is 3.20. The van der Waals surface area contributed by atoms with Crippen molar-refractivity contribution in [3.8, 4) is 0 Å². The molecule has 1 atom stereocenters. The summed E-state index contributed by atoms with van der Waals surface area (Å²) in [6.45, 7) is 4.43. The molecule has 0 aromatic heterocycles. The highest BCUT2D eigenvalue weighted by Crippen LogP contribution is 2.23. The van der Waals surface area contributed by atoms with Gasteiger partial charge in [0.1, 0.15) is 11.6 Å². The van der Waals surface area contributed by atoms with Crippen molar-refractivity contribution in [1.82, 2.24) is 9.80 Å². The molecule has 2 saturated heterocycles. The second kappa shape index (κ2) is 10.2. The molecule has 31 heavy (non-hydrogen) atoms. The van der Waals surface area contributed by atoms with Crippen LogP contribution in [0, 0.1) is 17.6 Å². The van der Waals surface area contributed by atoms with E-state index in [0.717, 1.165) is 38.9 Å². The number of nitrogens with one attached hydrogen (secondary N) is 1. The minimum atomic E-state index is -0.328. The molecule has 2 heterocycles. The summed E-state index contributed by atoms with van der Waals surface area (Å²) in [4.78, 5) is 16.7. The Morgan fingerprint density at radius 3 is 2.29 bits per heavy atom. The fourth-order valence-corrected chi connectivity index (χ4v) is 4.36. The van der Waals surface area contributed by atoms with E-state index in [-0.39, 0.29) is 23.8 Å². The number of piperidine rings is 1. The lowest BCUT2D eigenvalue weighted by Crippen LogP contribution is -2.51. The maximum atomic E-state index is 13.1. The van der Waals surface area contributed by atoms with Crippen LogP contribution >= 0.6 is 0 Å². The smallest absolute Gasteiger partial charge is 0.322 e. The Morgan fingerprint density at radius 2 is 1.61 bits per heavy atom. The molecule has 0 unspecified atom stereocenters. The fraction of sp³-hybridized carbons (Fsp3) is 0.458. The molecule has 0 radical (unpaired) electrons. The molecule has 0 bridgehead atoms. The second-order valence-corrected chi connectivity index (χ2v) is 8.45. The monoisotopic (exact) mass is 429 g/mol. The van der Waals surface area contributed by atoms with E-state index in [4.69, 9.17) is 4.74 Å². The number of anilines is 1. The Kier molecular flexibility index (Phi) is 7.14. The molecule has 2 aromatic carbocycles. The van der Waals surface area contributed by atoms with Crippen molar-refractivity contribution in [3.63, 3.8) is 0 Å². The topological polar surface area (TPSA) is 44.8 Å². The summed E-state index contributed by atoms with van der Waals surface area (Å²) in [5.74, 6) is 0.101. The van der Waals surface area contributed by atoms with Crippen molar-refractivity contribution >= 4 is 11.7 Å². The van der Waals surface area contributed by atoms with Gasteiger partial charge in [0.25, 0.3) is 0 Å². The summed E-state index contributed by atoms with van der Waals surface area (Å²) >= 11 is 0. The predicted molar refractivity (Wildman–Crippen MR) is 116 cm³/mol. The molecular formula is C24H29F2N3O2. The van der Waals surface area contributed by atoms with Gasteiger partial charge in [-0.15, -0.1) is 0 Å². The SMILES string of the molecule is O=C(Nc1ccc(F)cc1)N1CCO[C@H](CN2CCC(Cc3ccc(F)cc3)CC2)C1. The van der Waals surface area contributed by atoms with Crippen molar-refractivity contribution in [2.45, 2.75) is 25.4 Å². The lowest BCUT2D eigenvalue weighted by molar-refractivity contribution is -0.0329. The summed E-state index contributed by atoms with van der Waals surface area (Å²) in [5.41, 5.74) is 1.77. The Labute approximate surface area is 182 Å². The van der Waals surface area contributed by atoms with Gasteiger partial charge in [-0.05, 0) is 80.2 Å². The van der Waals surface area contributed by atoms with Gasteiger partial charge in [0.15, 0.2) is 0 Å². The first-order valence-corrected chi connectivity index (χ1v) is 10.9. The van der Waals surface area contributed by atoms with E-state index in [0.29, 0.717) is 31.3 Å². The highest BCUT2D eigenvalue weighted by atomic mass is 19.1. The van der Waals surface area contributed by atoms with Crippen molar-refractivity contribution in [2.24, 2.45) is 5.92 Å². The molecule has 2 amide bonds.